The second-order valence-electron chi connectivity index (χ2n) is 5.99. The Labute approximate surface area is 112 Å². The summed E-state index contributed by atoms with van der Waals surface area (Å²) in [7, 11) is 4.46. The summed E-state index contributed by atoms with van der Waals surface area (Å²) in [4.78, 5) is 4.89. The van der Waals surface area contributed by atoms with E-state index in [0.29, 0.717) is 6.10 Å². The molecular formula is C14H29N3O. The second-order valence-corrected chi connectivity index (χ2v) is 5.99. The molecule has 1 atom stereocenters. The van der Waals surface area contributed by atoms with Crippen LogP contribution in [0.2, 0.25) is 0 Å². The predicted molar refractivity (Wildman–Crippen MR) is 74.9 cm³/mol. The van der Waals surface area contributed by atoms with E-state index < -0.39 is 0 Å². The maximum Gasteiger partial charge on any atom is 0.0826 e. The fourth-order valence-corrected chi connectivity index (χ4v) is 2.93. The van der Waals surface area contributed by atoms with E-state index >= 15 is 0 Å². The van der Waals surface area contributed by atoms with Crippen LogP contribution in [0.4, 0.5) is 0 Å². The zero-order valence-corrected chi connectivity index (χ0v) is 12.0. The minimum absolute atomic E-state index is 0.390. The Kier molecular flexibility index (Phi) is 5.89. The SMILES string of the molecule is CN1CCC(CCN(C)CC2CNCCO2)CC1. The van der Waals surface area contributed by atoms with Crippen molar-refractivity contribution in [1.29, 1.82) is 0 Å². The number of nitrogens with one attached hydrogen (secondary N) is 1. The smallest absolute Gasteiger partial charge is 0.0826 e. The lowest BCUT2D eigenvalue weighted by Gasteiger charge is -2.31. The lowest BCUT2D eigenvalue weighted by molar-refractivity contribution is 0.00896. The standard InChI is InChI=1S/C14H29N3O/c1-16-7-3-13(4-8-16)5-9-17(2)12-14-11-15-6-10-18-14/h13-15H,3-12H2,1-2H3. The molecule has 2 aliphatic rings. The van der Waals surface area contributed by atoms with E-state index in [0.717, 1.165) is 32.2 Å². The van der Waals surface area contributed by atoms with Gasteiger partial charge in [-0.2, -0.15) is 0 Å². The van der Waals surface area contributed by atoms with Gasteiger partial charge in [-0.05, 0) is 58.9 Å². The first-order valence-electron chi connectivity index (χ1n) is 7.43. The van der Waals surface area contributed by atoms with Crippen LogP contribution in [-0.4, -0.2) is 75.9 Å². The van der Waals surface area contributed by atoms with Crippen LogP contribution in [0.5, 0.6) is 0 Å². The van der Waals surface area contributed by atoms with Crippen molar-refractivity contribution in [1.82, 2.24) is 15.1 Å². The Balaban J connectivity index is 1.57. The Bertz CT molecular complexity index is 223. The van der Waals surface area contributed by atoms with E-state index in [1.165, 1.54) is 38.9 Å². The number of hydrogen-bond donors (Lipinski definition) is 1. The molecule has 0 amide bonds. The van der Waals surface area contributed by atoms with Gasteiger partial charge in [0.2, 0.25) is 0 Å². The number of morpholine rings is 1. The summed E-state index contributed by atoms with van der Waals surface area (Å²) < 4.78 is 5.74. The molecule has 0 aliphatic carbocycles. The first-order valence-corrected chi connectivity index (χ1v) is 7.43. The highest BCUT2D eigenvalue weighted by Crippen LogP contribution is 2.19. The number of ether oxygens (including phenoxy) is 1. The topological polar surface area (TPSA) is 27.7 Å². The summed E-state index contributed by atoms with van der Waals surface area (Å²) in [6.07, 6.45) is 4.50. The lowest BCUT2D eigenvalue weighted by Crippen LogP contribution is -2.44. The molecule has 0 aromatic rings. The minimum Gasteiger partial charge on any atom is -0.374 e. The Morgan fingerprint density at radius 1 is 1.33 bits per heavy atom. The molecule has 2 aliphatic heterocycles. The van der Waals surface area contributed by atoms with Crippen molar-refractivity contribution in [2.75, 3.05) is 60.0 Å². The largest absolute Gasteiger partial charge is 0.374 e. The maximum absolute atomic E-state index is 5.74. The van der Waals surface area contributed by atoms with Gasteiger partial charge in [0.25, 0.3) is 0 Å². The fraction of sp³-hybridized carbons (Fsp3) is 1.00. The highest BCUT2D eigenvalue weighted by Gasteiger charge is 2.19. The Hall–Kier alpha value is -0.160. The molecule has 106 valence electrons. The van der Waals surface area contributed by atoms with Crippen molar-refractivity contribution in [3.63, 3.8) is 0 Å². The summed E-state index contributed by atoms with van der Waals surface area (Å²) >= 11 is 0. The molecule has 0 saturated carbocycles. The summed E-state index contributed by atoms with van der Waals surface area (Å²) in [5.41, 5.74) is 0. The van der Waals surface area contributed by atoms with E-state index in [-0.39, 0.29) is 0 Å². The average Bonchev–Trinajstić information content (AvgIpc) is 2.39. The summed E-state index contributed by atoms with van der Waals surface area (Å²) in [6, 6.07) is 0. The quantitative estimate of drug-likeness (QED) is 0.780. The molecule has 0 aromatic carbocycles. The molecule has 0 spiro atoms. The molecule has 18 heavy (non-hydrogen) atoms. The molecule has 4 nitrogen and oxygen atoms in total. The van der Waals surface area contributed by atoms with E-state index in [1.807, 2.05) is 0 Å². The van der Waals surface area contributed by atoms with Crippen molar-refractivity contribution in [2.45, 2.75) is 25.4 Å². The zero-order chi connectivity index (χ0) is 12.8. The molecule has 2 fully saturated rings. The van der Waals surface area contributed by atoms with Gasteiger partial charge in [-0.15, -0.1) is 0 Å². The molecule has 0 radical (unpaired) electrons. The summed E-state index contributed by atoms with van der Waals surface area (Å²) in [6.45, 7) is 7.74. The molecule has 2 heterocycles. The molecule has 1 unspecified atom stereocenters. The van der Waals surface area contributed by atoms with Gasteiger partial charge >= 0.3 is 0 Å². The third-order valence-corrected chi connectivity index (χ3v) is 4.28. The molecule has 0 aromatic heterocycles. The average molecular weight is 255 g/mol. The van der Waals surface area contributed by atoms with Crippen LogP contribution in [0.25, 0.3) is 0 Å². The Morgan fingerprint density at radius 3 is 2.78 bits per heavy atom. The van der Waals surface area contributed by atoms with Crippen LogP contribution in [0, 0.1) is 5.92 Å². The van der Waals surface area contributed by atoms with Gasteiger partial charge in [0.05, 0.1) is 12.7 Å². The van der Waals surface area contributed by atoms with E-state index in [4.69, 9.17) is 4.74 Å². The molecule has 2 rings (SSSR count). The zero-order valence-electron chi connectivity index (χ0n) is 12.0. The van der Waals surface area contributed by atoms with Crippen LogP contribution < -0.4 is 5.32 Å². The molecule has 0 bridgehead atoms. The predicted octanol–water partition coefficient (Wildman–Crippen LogP) is 0.639. The van der Waals surface area contributed by atoms with Crippen molar-refractivity contribution in [3.8, 4) is 0 Å². The van der Waals surface area contributed by atoms with E-state index in [9.17, 15) is 0 Å². The van der Waals surface area contributed by atoms with Crippen LogP contribution in [-0.2, 0) is 4.74 Å². The number of rotatable bonds is 5. The van der Waals surface area contributed by atoms with Crippen molar-refractivity contribution in [3.05, 3.63) is 0 Å². The van der Waals surface area contributed by atoms with Crippen LogP contribution >= 0.6 is 0 Å². The summed E-state index contributed by atoms with van der Waals surface area (Å²) in [5.74, 6) is 0.939. The first-order chi connectivity index (χ1) is 8.74. The van der Waals surface area contributed by atoms with Crippen LogP contribution in [0.3, 0.4) is 0 Å². The third kappa shape index (κ3) is 4.84. The second kappa shape index (κ2) is 7.43. The molecule has 2 saturated heterocycles. The number of likely N-dealkylation sites (tertiary alicyclic amines) is 1. The highest BCUT2D eigenvalue weighted by atomic mass is 16.5. The van der Waals surface area contributed by atoms with Gasteiger partial charge in [-0.1, -0.05) is 0 Å². The van der Waals surface area contributed by atoms with Gasteiger partial charge in [0.1, 0.15) is 0 Å². The number of likely N-dealkylation sites (N-methyl/N-ethyl adjacent to an activating group) is 1. The number of hydrogen-bond acceptors (Lipinski definition) is 4. The van der Waals surface area contributed by atoms with Gasteiger partial charge < -0.3 is 19.9 Å². The third-order valence-electron chi connectivity index (χ3n) is 4.28. The summed E-state index contributed by atoms with van der Waals surface area (Å²) in [5, 5.41) is 3.39. The van der Waals surface area contributed by atoms with Gasteiger partial charge in [0.15, 0.2) is 0 Å². The molecular weight excluding hydrogens is 226 g/mol. The van der Waals surface area contributed by atoms with E-state index in [2.05, 4.69) is 29.2 Å². The van der Waals surface area contributed by atoms with Gasteiger partial charge in [0, 0.05) is 19.6 Å². The van der Waals surface area contributed by atoms with Crippen molar-refractivity contribution >= 4 is 0 Å². The minimum atomic E-state index is 0.390. The highest BCUT2D eigenvalue weighted by molar-refractivity contribution is 4.73. The normalized spacial score (nSPS) is 27.8. The number of nitrogens with zero attached hydrogens (tertiary/aromatic N) is 2. The number of piperidine rings is 1. The maximum atomic E-state index is 5.74. The van der Waals surface area contributed by atoms with E-state index in [1.54, 1.807) is 0 Å². The first kappa shape index (κ1) is 14.3. The monoisotopic (exact) mass is 255 g/mol. The van der Waals surface area contributed by atoms with Crippen LogP contribution in [0.1, 0.15) is 19.3 Å². The lowest BCUT2D eigenvalue weighted by atomic mass is 9.94. The van der Waals surface area contributed by atoms with Crippen LogP contribution in [0.15, 0.2) is 0 Å². The van der Waals surface area contributed by atoms with Crippen molar-refractivity contribution < 1.29 is 4.74 Å². The van der Waals surface area contributed by atoms with Gasteiger partial charge in [-0.25, -0.2) is 0 Å². The molecule has 1 N–H and O–H groups in total. The van der Waals surface area contributed by atoms with Crippen molar-refractivity contribution in [2.24, 2.45) is 5.92 Å². The van der Waals surface area contributed by atoms with Gasteiger partial charge in [-0.3, -0.25) is 0 Å². The Morgan fingerprint density at radius 2 is 2.11 bits per heavy atom. The molecule has 4 heteroatoms. The fourth-order valence-electron chi connectivity index (χ4n) is 2.93.